The number of amides is 1. The molecule has 0 bridgehead atoms. The number of benzene rings is 4. The maximum Gasteiger partial charge on any atom is 0.259 e. The molecule has 0 unspecified atom stereocenters. The Hall–Kier alpha value is -3.30. The van der Waals surface area contributed by atoms with Gasteiger partial charge < -0.3 is 13.9 Å². The Balaban J connectivity index is 1.40. The summed E-state index contributed by atoms with van der Waals surface area (Å²) in [6, 6.07) is 31.6. The third-order valence-corrected chi connectivity index (χ3v) is 13.8. The molecule has 1 saturated heterocycles. The molecule has 0 radical (unpaired) electrons. The largest absolute Gasteiger partial charge is 0.488 e. The molecular formula is C37H41BrFNO4Si. The van der Waals surface area contributed by atoms with Crippen LogP contribution in [0.5, 0.6) is 5.75 Å². The molecule has 3 atom stereocenters. The topological polar surface area (TPSA) is 48.0 Å². The van der Waals surface area contributed by atoms with Crippen LogP contribution in [0.3, 0.4) is 0 Å². The first-order valence-electron chi connectivity index (χ1n) is 15.3. The second kappa shape index (κ2) is 14.0. The summed E-state index contributed by atoms with van der Waals surface area (Å²) in [6.07, 6.45) is -0.465. The van der Waals surface area contributed by atoms with E-state index >= 15 is 0 Å². The number of ether oxygens (including phenoxy) is 2. The molecule has 236 valence electrons. The zero-order chi connectivity index (χ0) is 32.2. The number of hydrogen-bond acceptors (Lipinski definition) is 4. The van der Waals surface area contributed by atoms with E-state index in [-0.39, 0.29) is 28.9 Å². The van der Waals surface area contributed by atoms with Crippen molar-refractivity contribution in [1.82, 2.24) is 0 Å². The van der Waals surface area contributed by atoms with E-state index in [1.165, 1.54) is 12.1 Å². The van der Waals surface area contributed by atoms with Gasteiger partial charge in [-0.1, -0.05) is 103 Å². The summed E-state index contributed by atoms with van der Waals surface area (Å²) in [5.41, 5.74) is 3.62. The fraction of sp³-hybridized carbons (Fsp3) is 0.324. The van der Waals surface area contributed by atoms with Crippen LogP contribution in [0.1, 0.15) is 56.0 Å². The Kier molecular flexibility index (Phi) is 10.3. The summed E-state index contributed by atoms with van der Waals surface area (Å²) < 4.78 is 34.3. The molecule has 45 heavy (non-hydrogen) atoms. The highest BCUT2D eigenvalue weighted by Crippen LogP contribution is 2.45. The summed E-state index contributed by atoms with van der Waals surface area (Å²) >= 11 is 3.59. The van der Waals surface area contributed by atoms with Gasteiger partial charge >= 0.3 is 0 Å². The third kappa shape index (κ3) is 7.75. The number of halogens is 2. The average molecular weight is 691 g/mol. The first-order chi connectivity index (χ1) is 21.4. The lowest BCUT2D eigenvalue weighted by atomic mass is 9.89. The lowest BCUT2D eigenvalue weighted by Crippen LogP contribution is -2.60. The van der Waals surface area contributed by atoms with Crippen molar-refractivity contribution in [2.75, 3.05) is 11.5 Å². The van der Waals surface area contributed by atoms with E-state index in [4.69, 9.17) is 13.9 Å². The van der Waals surface area contributed by atoms with Crippen LogP contribution in [-0.4, -0.2) is 26.9 Å². The van der Waals surface area contributed by atoms with Gasteiger partial charge in [-0.3, -0.25) is 9.69 Å². The van der Waals surface area contributed by atoms with Crippen LogP contribution in [-0.2, 0) is 20.6 Å². The second-order valence-corrected chi connectivity index (χ2v) is 18.6. The summed E-state index contributed by atoms with van der Waals surface area (Å²) in [5, 5.41) is -0.00487. The van der Waals surface area contributed by atoms with E-state index < -0.39 is 14.4 Å². The molecule has 0 spiro atoms. The highest BCUT2D eigenvalue weighted by Gasteiger charge is 2.51. The average Bonchev–Trinajstić information content (AvgIpc) is 3.01. The van der Waals surface area contributed by atoms with Gasteiger partial charge in [0.15, 0.2) is 14.4 Å². The molecule has 8 heteroatoms. The van der Waals surface area contributed by atoms with Gasteiger partial charge in [-0.05, 0) is 72.1 Å². The standard InChI is InChI=1S/C37H41BrFNO4Si/c1-37(2,3)45(4,5)44-32(27-16-19-29(39)20-17-27)22-23-42-35-34(40(36(35)41)30-14-10-7-11-15-30)31-21-18-28(38)24-33(31)43-25-26-12-8-6-9-13-26/h6-21,24,32,34-35H,22-23,25H2,1-5H3/t32-,34+,35+/m0/s1. The molecule has 0 saturated carbocycles. The van der Waals surface area contributed by atoms with Gasteiger partial charge in [-0.15, -0.1) is 0 Å². The van der Waals surface area contributed by atoms with Crippen LogP contribution in [0.2, 0.25) is 18.1 Å². The first-order valence-corrected chi connectivity index (χ1v) is 19.0. The van der Waals surface area contributed by atoms with E-state index in [2.05, 4.69) is 49.8 Å². The molecule has 5 nitrogen and oxygen atoms in total. The van der Waals surface area contributed by atoms with E-state index in [0.29, 0.717) is 25.4 Å². The van der Waals surface area contributed by atoms with Crippen molar-refractivity contribution in [3.05, 3.63) is 130 Å². The van der Waals surface area contributed by atoms with E-state index in [0.717, 1.165) is 26.9 Å². The highest BCUT2D eigenvalue weighted by atomic mass is 79.9. The van der Waals surface area contributed by atoms with Gasteiger partial charge in [-0.2, -0.15) is 0 Å². The zero-order valence-corrected chi connectivity index (χ0v) is 29.1. The van der Waals surface area contributed by atoms with Crippen molar-refractivity contribution in [2.45, 2.75) is 70.2 Å². The molecule has 1 aliphatic heterocycles. The Labute approximate surface area is 275 Å². The van der Waals surface area contributed by atoms with Gasteiger partial charge in [0.2, 0.25) is 0 Å². The fourth-order valence-electron chi connectivity index (χ4n) is 5.22. The molecule has 0 N–H and O–H groups in total. The van der Waals surface area contributed by atoms with Gasteiger partial charge in [0, 0.05) is 15.7 Å². The second-order valence-electron chi connectivity index (χ2n) is 12.9. The number of para-hydroxylation sites is 1. The van der Waals surface area contributed by atoms with Crippen LogP contribution in [0, 0.1) is 5.82 Å². The minimum absolute atomic E-state index is 0.00487. The molecule has 5 rings (SSSR count). The molecule has 0 aromatic heterocycles. The Bertz CT molecular complexity index is 1580. The SMILES string of the molecule is CC(C)(C)[Si](C)(C)O[C@@H](CCO[C@H]1C(=O)N(c2ccccc2)[C@@H]1c1ccc(Br)cc1OCc1ccccc1)c1ccc(F)cc1. The first kappa shape index (κ1) is 33.1. The Morgan fingerprint density at radius 2 is 1.56 bits per heavy atom. The lowest BCUT2D eigenvalue weighted by Gasteiger charge is -2.47. The molecule has 4 aromatic carbocycles. The number of carbonyl (C=O) groups excluding carboxylic acids is 1. The summed E-state index contributed by atoms with van der Waals surface area (Å²) in [6.45, 7) is 11.7. The molecular weight excluding hydrogens is 649 g/mol. The highest BCUT2D eigenvalue weighted by molar-refractivity contribution is 9.10. The van der Waals surface area contributed by atoms with Gasteiger partial charge in [0.1, 0.15) is 24.2 Å². The number of rotatable bonds is 12. The number of anilines is 1. The summed E-state index contributed by atoms with van der Waals surface area (Å²) in [4.78, 5) is 15.5. The molecule has 4 aromatic rings. The number of carbonyl (C=O) groups is 1. The van der Waals surface area contributed by atoms with Gasteiger partial charge in [0.05, 0.1) is 12.7 Å². The quantitative estimate of drug-likeness (QED) is 0.110. The van der Waals surface area contributed by atoms with Gasteiger partial charge in [0.25, 0.3) is 5.91 Å². The summed E-state index contributed by atoms with van der Waals surface area (Å²) in [5.74, 6) is 0.294. The van der Waals surface area contributed by atoms with E-state index in [1.54, 1.807) is 17.0 Å². The van der Waals surface area contributed by atoms with Crippen LogP contribution >= 0.6 is 15.9 Å². The maximum atomic E-state index is 13.8. The third-order valence-electron chi connectivity index (χ3n) is 8.77. The van der Waals surface area contributed by atoms with Crippen molar-refractivity contribution in [1.29, 1.82) is 0 Å². The predicted octanol–water partition coefficient (Wildman–Crippen LogP) is 9.79. The van der Waals surface area contributed by atoms with Crippen molar-refractivity contribution >= 4 is 35.8 Å². The Morgan fingerprint density at radius 1 is 0.911 bits per heavy atom. The van der Waals surface area contributed by atoms with Crippen molar-refractivity contribution in [3.63, 3.8) is 0 Å². The maximum absolute atomic E-state index is 13.8. The van der Waals surface area contributed by atoms with Crippen LogP contribution in [0.4, 0.5) is 10.1 Å². The van der Waals surface area contributed by atoms with Crippen molar-refractivity contribution in [3.8, 4) is 5.75 Å². The zero-order valence-electron chi connectivity index (χ0n) is 26.5. The number of β-lactam (4-membered cyclic amide) rings is 1. The van der Waals surface area contributed by atoms with Crippen LogP contribution in [0.25, 0.3) is 0 Å². The molecule has 1 amide bonds. The van der Waals surface area contributed by atoms with E-state index in [9.17, 15) is 9.18 Å². The fourth-order valence-corrected chi connectivity index (χ4v) is 6.88. The predicted molar refractivity (Wildman–Crippen MR) is 183 cm³/mol. The molecule has 1 aliphatic rings. The monoisotopic (exact) mass is 689 g/mol. The number of nitrogens with zero attached hydrogens (tertiary/aromatic N) is 1. The van der Waals surface area contributed by atoms with Gasteiger partial charge in [-0.25, -0.2) is 4.39 Å². The molecule has 0 aliphatic carbocycles. The minimum atomic E-state index is -2.17. The smallest absolute Gasteiger partial charge is 0.259 e. The normalized spacial score (nSPS) is 17.6. The van der Waals surface area contributed by atoms with Crippen molar-refractivity contribution < 1.29 is 23.1 Å². The molecule has 1 fully saturated rings. The van der Waals surface area contributed by atoms with Crippen molar-refractivity contribution in [2.24, 2.45) is 0 Å². The number of hydrogen-bond donors (Lipinski definition) is 0. The summed E-state index contributed by atoms with van der Waals surface area (Å²) in [7, 11) is -2.17. The van der Waals surface area contributed by atoms with E-state index in [1.807, 2.05) is 78.9 Å². The Morgan fingerprint density at radius 3 is 2.20 bits per heavy atom. The van der Waals surface area contributed by atoms with Crippen LogP contribution < -0.4 is 9.64 Å². The lowest BCUT2D eigenvalue weighted by molar-refractivity contribution is -0.143. The molecule has 1 heterocycles. The van der Waals surface area contributed by atoms with Crippen LogP contribution in [0.15, 0.2) is 108 Å². The minimum Gasteiger partial charge on any atom is -0.488 e.